The number of aliphatic hydroxyl groups excluding tert-OH is 1. The summed E-state index contributed by atoms with van der Waals surface area (Å²) in [6.07, 6.45) is 10.3. The molecule has 0 unspecified atom stereocenters. The van der Waals surface area contributed by atoms with E-state index < -0.39 is 6.29 Å². The van der Waals surface area contributed by atoms with Gasteiger partial charge in [-0.1, -0.05) is 61.7 Å². The van der Waals surface area contributed by atoms with E-state index in [0.29, 0.717) is 25.2 Å². The second-order valence-electron chi connectivity index (χ2n) is 9.78. The molecule has 0 radical (unpaired) electrons. The lowest BCUT2D eigenvalue weighted by Gasteiger charge is -2.31. The molecule has 2 N–H and O–H groups in total. The molecule has 0 aromatic heterocycles. The third kappa shape index (κ3) is 5.21. The Balaban J connectivity index is 1.35. The van der Waals surface area contributed by atoms with Gasteiger partial charge in [-0.05, 0) is 66.0 Å². The Hall–Kier alpha value is -2.63. The van der Waals surface area contributed by atoms with Crippen molar-refractivity contribution in [3.8, 4) is 11.1 Å². The van der Waals surface area contributed by atoms with Crippen molar-refractivity contribution in [3.63, 3.8) is 0 Å². The Morgan fingerprint density at radius 1 is 1.03 bits per heavy atom. The second-order valence-corrected chi connectivity index (χ2v) is 9.78. The van der Waals surface area contributed by atoms with Crippen LogP contribution in [0.2, 0.25) is 0 Å². The van der Waals surface area contributed by atoms with Crippen LogP contribution in [0, 0.1) is 0 Å². The highest BCUT2D eigenvalue weighted by molar-refractivity contribution is 5.92. The van der Waals surface area contributed by atoms with Crippen LogP contribution in [0.3, 0.4) is 0 Å². The quantitative estimate of drug-likeness (QED) is 0.452. The molecule has 34 heavy (non-hydrogen) atoms. The Bertz CT molecular complexity index is 1040. The van der Waals surface area contributed by atoms with Crippen LogP contribution in [0.1, 0.15) is 74.0 Å². The molecule has 1 fully saturated rings. The monoisotopic (exact) mass is 461 g/mol. The van der Waals surface area contributed by atoms with Crippen LogP contribution in [0.5, 0.6) is 0 Å². The van der Waals surface area contributed by atoms with Gasteiger partial charge >= 0.3 is 0 Å². The first-order chi connectivity index (χ1) is 16.7. The number of nitrogens with one attached hydrogen (secondary N) is 1. The number of ether oxygens (including phenoxy) is 2. The zero-order valence-electron chi connectivity index (χ0n) is 19.8. The summed E-state index contributed by atoms with van der Waals surface area (Å²) in [6, 6.07) is 15.5. The first-order valence-electron chi connectivity index (χ1n) is 12.8. The summed E-state index contributed by atoms with van der Waals surface area (Å²) in [5, 5.41) is 12.2. The average Bonchev–Trinajstić information content (AvgIpc) is 3.25. The van der Waals surface area contributed by atoms with E-state index in [9.17, 15) is 4.79 Å². The highest BCUT2D eigenvalue weighted by Gasteiger charge is 2.30. The number of amides is 1. The van der Waals surface area contributed by atoms with E-state index in [4.69, 9.17) is 14.6 Å². The van der Waals surface area contributed by atoms with Crippen LogP contribution in [0.4, 0.5) is 0 Å². The van der Waals surface area contributed by atoms with Crippen molar-refractivity contribution in [3.05, 3.63) is 71.0 Å². The first-order valence-corrected chi connectivity index (χ1v) is 12.8. The van der Waals surface area contributed by atoms with E-state index in [0.717, 1.165) is 25.7 Å². The minimum atomic E-state index is -0.466. The van der Waals surface area contributed by atoms with E-state index >= 15 is 0 Å². The van der Waals surface area contributed by atoms with Gasteiger partial charge in [-0.2, -0.15) is 0 Å². The van der Waals surface area contributed by atoms with Crippen molar-refractivity contribution in [2.75, 3.05) is 13.2 Å². The fraction of sp³-hybridized carbons (Fsp3) is 0.483. The summed E-state index contributed by atoms with van der Waals surface area (Å²) in [6.45, 7) is 0.666. The van der Waals surface area contributed by atoms with Crippen molar-refractivity contribution < 1.29 is 19.4 Å². The molecule has 1 aliphatic heterocycles. The van der Waals surface area contributed by atoms with Gasteiger partial charge in [0.15, 0.2) is 5.76 Å². The van der Waals surface area contributed by atoms with Crippen LogP contribution in [-0.2, 0) is 20.7 Å². The van der Waals surface area contributed by atoms with Crippen LogP contribution in [0.25, 0.3) is 11.1 Å². The van der Waals surface area contributed by atoms with Crippen LogP contribution >= 0.6 is 0 Å². The highest BCUT2D eigenvalue weighted by atomic mass is 16.7. The maximum absolute atomic E-state index is 13.1. The van der Waals surface area contributed by atoms with Crippen molar-refractivity contribution in [2.45, 2.75) is 76.0 Å². The number of rotatable bonds is 8. The van der Waals surface area contributed by atoms with Gasteiger partial charge in [-0.25, -0.2) is 0 Å². The van der Waals surface area contributed by atoms with Gasteiger partial charge in [0, 0.05) is 25.0 Å². The molecule has 1 heterocycles. The zero-order chi connectivity index (χ0) is 23.3. The summed E-state index contributed by atoms with van der Waals surface area (Å²) in [7, 11) is 0. The molecule has 1 saturated carbocycles. The number of aliphatic hydroxyl groups is 1. The average molecular weight is 462 g/mol. The predicted octanol–water partition coefficient (Wildman–Crippen LogP) is 5.21. The number of fused-ring (bicyclic) bond motifs is 3. The third-order valence-corrected chi connectivity index (χ3v) is 7.32. The number of hydrogen-bond acceptors (Lipinski definition) is 4. The van der Waals surface area contributed by atoms with Crippen LogP contribution in [-0.4, -0.2) is 36.6 Å². The van der Waals surface area contributed by atoms with Gasteiger partial charge in [0.2, 0.25) is 6.29 Å². The molecule has 3 aliphatic rings. The summed E-state index contributed by atoms with van der Waals surface area (Å²) in [5.74, 6) is 0.296. The maximum Gasteiger partial charge on any atom is 0.286 e. The summed E-state index contributed by atoms with van der Waals surface area (Å²) < 4.78 is 12.0. The molecule has 2 aliphatic carbocycles. The Kier molecular flexibility index (Phi) is 7.31. The topological polar surface area (TPSA) is 67.8 Å². The Morgan fingerprint density at radius 3 is 2.71 bits per heavy atom. The number of hydrogen-bond donors (Lipinski definition) is 2. The lowest BCUT2D eigenvalue weighted by atomic mass is 9.90. The van der Waals surface area contributed by atoms with Gasteiger partial charge in [-0.15, -0.1) is 0 Å². The first kappa shape index (κ1) is 23.1. The van der Waals surface area contributed by atoms with E-state index in [2.05, 4.69) is 47.8 Å². The lowest BCUT2D eigenvalue weighted by molar-refractivity contribution is -0.147. The molecule has 5 rings (SSSR count). The van der Waals surface area contributed by atoms with Crippen molar-refractivity contribution >= 4 is 5.91 Å². The van der Waals surface area contributed by atoms with E-state index in [1.165, 1.54) is 47.1 Å². The fourth-order valence-electron chi connectivity index (χ4n) is 5.48. The van der Waals surface area contributed by atoms with Gasteiger partial charge < -0.3 is 19.9 Å². The van der Waals surface area contributed by atoms with E-state index in [1.807, 2.05) is 6.08 Å². The molecule has 1 amide bonds. The van der Waals surface area contributed by atoms with Gasteiger partial charge in [0.05, 0.1) is 6.61 Å². The molecule has 0 bridgehead atoms. The molecule has 5 nitrogen and oxygen atoms in total. The molecule has 0 spiro atoms. The van der Waals surface area contributed by atoms with Crippen molar-refractivity contribution in [1.29, 1.82) is 0 Å². The third-order valence-electron chi connectivity index (χ3n) is 7.32. The Labute approximate surface area is 202 Å². The molecular formula is C29H35NO4. The normalized spacial score (nSPS) is 21.9. The van der Waals surface area contributed by atoms with E-state index in [1.54, 1.807) is 0 Å². The minimum absolute atomic E-state index is 0.0534. The van der Waals surface area contributed by atoms with Gasteiger partial charge in [0.1, 0.15) is 0 Å². The molecule has 2 aromatic carbocycles. The maximum atomic E-state index is 13.1. The number of carbonyl (C=O) groups excluding carboxylic acids is 1. The molecule has 180 valence electrons. The summed E-state index contributed by atoms with van der Waals surface area (Å²) >= 11 is 0. The van der Waals surface area contributed by atoms with E-state index in [-0.39, 0.29) is 24.5 Å². The number of unbranched alkanes of at least 4 members (excludes halogenated alkanes) is 1. The number of allylic oxidation sites excluding steroid dienone is 1. The summed E-state index contributed by atoms with van der Waals surface area (Å²) in [4.78, 5) is 13.1. The number of benzene rings is 2. The fourth-order valence-corrected chi connectivity index (χ4v) is 5.48. The molecule has 2 aromatic rings. The van der Waals surface area contributed by atoms with Crippen LogP contribution < -0.4 is 5.32 Å². The SMILES string of the molecule is O=C(NC1CCCCC1)C1=C[C@@H](c2ccc3c(c2)Cc2ccccc2-3)C[C@@H](OCCCCO)O1. The van der Waals surface area contributed by atoms with Crippen molar-refractivity contribution in [1.82, 2.24) is 5.32 Å². The van der Waals surface area contributed by atoms with Crippen molar-refractivity contribution in [2.24, 2.45) is 0 Å². The van der Waals surface area contributed by atoms with Crippen LogP contribution in [0.15, 0.2) is 54.3 Å². The smallest absolute Gasteiger partial charge is 0.286 e. The molecular weight excluding hydrogens is 426 g/mol. The predicted molar refractivity (Wildman–Crippen MR) is 132 cm³/mol. The Morgan fingerprint density at radius 2 is 1.85 bits per heavy atom. The number of carbonyl (C=O) groups is 1. The zero-order valence-corrected chi connectivity index (χ0v) is 19.8. The lowest BCUT2D eigenvalue weighted by Crippen LogP contribution is -2.39. The van der Waals surface area contributed by atoms with Gasteiger partial charge in [0.25, 0.3) is 5.91 Å². The largest absolute Gasteiger partial charge is 0.459 e. The molecule has 5 heteroatoms. The minimum Gasteiger partial charge on any atom is -0.459 e. The molecule has 2 atom stereocenters. The summed E-state index contributed by atoms with van der Waals surface area (Å²) in [5.41, 5.74) is 6.54. The second kappa shape index (κ2) is 10.7. The van der Waals surface area contributed by atoms with Gasteiger partial charge in [-0.3, -0.25) is 4.79 Å². The molecule has 0 saturated heterocycles. The standard InChI is InChI=1S/C29H35NO4/c31-14-6-7-15-33-28-19-22(18-27(34-28)29(32)30-24-9-2-1-3-10-24)20-12-13-26-23(16-20)17-21-8-4-5-11-25(21)26/h4-5,8,11-13,16,18,22,24,28,31H,1-3,6-7,9-10,14-15,17,19H2,(H,30,32)/t22-,28+/m1/s1. The highest BCUT2D eigenvalue weighted by Crippen LogP contribution is 2.40.